The van der Waals surface area contributed by atoms with Crippen molar-refractivity contribution in [3.63, 3.8) is 0 Å². The molecule has 1 fully saturated rings. The van der Waals surface area contributed by atoms with E-state index in [0.29, 0.717) is 5.41 Å². The van der Waals surface area contributed by atoms with Gasteiger partial charge in [-0.1, -0.05) is 36.2 Å². The average molecular weight is 262 g/mol. The summed E-state index contributed by atoms with van der Waals surface area (Å²) < 4.78 is 0. The third-order valence-electron chi connectivity index (χ3n) is 3.35. The predicted octanol–water partition coefficient (Wildman–Crippen LogP) is 3.67. The molecule has 1 heterocycles. The molecule has 2 heteroatoms. The van der Waals surface area contributed by atoms with Gasteiger partial charge in [-0.05, 0) is 32.1 Å². The van der Waals surface area contributed by atoms with Crippen molar-refractivity contribution in [2.75, 3.05) is 11.9 Å². The van der Waals surface area contributed by atoms with Gasteiger partial charge >= 0.3 is 0 Å². The van der Waals surface area contributed by atoms with Crippen LogP contribution in [0.2, 0.25) is 0 Å². The average Bonchev–Trinajstić information content (AvgIpc) is 2.12. The van der Waals surface area contributed by atoms with Crippen LogP contribution in [0.4, 0.5) is 0 Å². The van der Waals surface area contributed by atoms with Crippen LogP contribution in [0.5, 0.6) is 0 Å². The first-order valence-corrected chi connectivity index (χ1v) is 6.90. The molecule has 1 rings (SSSR count). The van der Waals surface area contributed by atoms with Gasteiger partial charge in [0.15, 0.2) is 0 Å². The van der Waals surface area contributed by atoms with E-state index in [1.807, 2.05) is 0 Å². The van der Waals surface area contributed by atoms with Crippen molar-refractivity contribution in [3.05, 3.63) is 0 Å². The Kier molecular flexibility index (Phi) is 4.45. The van der Waals surface area contributed by atoms with Gasteiger partial charge in [-0.15, -0.1) is 0 Å². The highest BCUT2D eigenvalue weighted by molar-refractivity contribution is 9.09. The van der Waals surface area contributed by atoms with E-state index in [4.69, 9.17) is 0 Å². The zero-order chi connectivity index (χ0) is 10.8. The van der Waals surface area contributed by atoms with Crippen LogP contribution < -0.4 is 0 Å². The molecule has 0 spiro atoms. The molecule has 1 nitrogen and oxygen atoms in total. The molecule has 0 bridgehead atoms. The Morgan fingerprint density at radius 1 is 1.21 bits per heavy atom. The van der Waals surface area contributed by atoms with Crippen LogP contribution in [0.1, 0.15) is 47.0 Å². The summed E-state index contributed by atoms with van der Waals surface area (Å²) in [5.74, 6) is 0. The summed E-state index contributed by atoms with van der Waals surface area (Å²) >= 11 is 3.61. The first-order valence-electron chi connectivity index (χ1n) is 5.78. The predicted molar refractivity (Wildman–Crippen MR) is 67.1 cm³/mol. The van der Waals surface area contributed by atoms with Crippen molar-refractivity contribution < 1.29 is 0 Å². The molecule has 0 radical (unpaired) electrons. The maximum absolute atomic E-state index is 3.61. The molecule has 2 atom stereocenters. The number of nitrogens with zero attached hydrogens (tertiary/aromatic N) is 1. The molecule has 0 saturated carbocycles. The van der Waals surface area contributed by atoms with Crippen molar-refractivity contribution in [2.45, 2.75) is 59.0 Å². The number of hydrogen-bond donors (Lipinski definition) is 0. The van der Waals surface area contributed by atoms with Crippen LogP contribution in [0.15, 0.2) is 0 Å². The van der Waals surface area contributed by atoms with Gasteiger partial charge in [-0.3, -0.25) is 4.90 Å². The number of halogens is 1. The van der Waals surface area contributed by atoms with Crippen LogP contribution in [-0.4, -0.2) is 28.9 Å². The van der Waals surface area contributed by atoms with Crippen molar-refractivity contribution in [3.8, 4) is 0 Å². The van der Waals surface area contributed by atoms with E-state index in [0.717, 1.165) is 17.4 Å². The van der Waals surface area contributed by atoms with Crippen LogP contribution in [0.3, 0.4) is 0 Å². The molecule has 0 amide bonds. The van der Waals surface area contributed by atoms with Gasteiger partial charge in [-0.2, -0.15) is 0 Å². The van der Waals surface area contributed by atoms with E-state index in [2.05, 4.69) is 48.5 Å². The van der Waals surface area contributed by atoms with Crippen molar-refractivity contribution in [1.82, 2.24) is 4.90 Å². The molecule has 84 valence electrons. The lowest BCUT2D eigenvalue weighted by Crippen LogP contribution is -2.48. The van der Waals surface area contributed by atoms with Gasteiger partial charge in [0.1, 0.15) is 0 Å². The van der Waals surface area contributed by atoms with Gasteiger partial charge in [-0.25, -0.2) is 0 Å². The quantitative estimate of drug-likeness (QED) is 0.701. The summed E-state index contributed by atoms with van der Waals surface area (Å²) in [6, 6.07) is 1.55. The normalized spacial score (nSPS) is 30.6. The highest BCUT2D eigenvalue weighted by Gasteiger charge is 2.29. The van der Waals surface area contributed by atoms with Crippen molar-refractivity contribution in [2.24, 2.45) is 5.41 Å². The van der Waals surface area contributed by atoms with E-state index in [-0.39, 0.29) is 0 Å². The van der Waals surface area contributed by atoms with E-state index in [1.165, 1.54) is 25.8 Å². The Labute approximate surface area is 97.4 Å². The molecule has 0 aromatic heterocycles. The molecule has 0 aliphatic carbocycles. The Morgan fingerprint density at radius 3 is 2.14 bits per heavy atom. The lowest BCUT2D eigenvalue weighted by Gasteiger charge is -2.43. The zero-order valence-corrected chi connectivity index (χ0v) is 11.6. The summed E-state index contributed by atoms with van der Waals surface area (Å²) in [4.78, 5) is 2.69. The van der Waals surface area contributed by atoms with E-state index in [9.17, 15) is 0 Å². The fraction of sp³-hybridized carbons (Fsp3) is 1.00. The van der Waals surface area contributed by atoms with Crippen LogP contribution in [0.25, 0.3) is 0 Å². The zero-order valence-electron chi connectivity index (χ0n) is 10.0. The molecule has 0 aromatic rings. The summed E-state index contributed by atoms with van der Waals surface area (Å²) in [7, 11) is 0. The molecule has 1 aliphatic heterocycles. The molecule has 14 heavy (non-hydrogen) atoms. The van der Waals surface area contributed by atoms with Gasteiger partial charge < -0.3 is 0 Å². The Balaban J connectivity index is 2.56. The van der Waals surface area contributed by atoms with E-state index >= 15 is 0 Å². The topological polar surface area (TPSA) is 3.24 Å². The minimum atomic E-state index is 0.403. The van der Waals surface area contributed by atoms with Crippen LogP contribution in [-0.2, 0) is 0 Å². The van der Waals surface area contributed by atoms with E-state index < -0.39 is 0 Å². The fourth-order valence-corrected chi connectivity index (χ4v) is 2.50. The fourth-order valence-electron chi connectivity index (χ4n) is 2.32. The third-order valence-corrected chi connectivity index (χ3v) is 4.87. The second-order valence-corrected chi connectivity index (χ2v) is 6.16. The standard InChI is InChI=1S/C12H24BrN/c1-10-6-5-7-11(2)14(10)9-12(3,4)8-13/h10-11H,5-9H2,1-4H3/t10-,11+. The van der Waals surface area contributed by atoms with Crippen molar-refractivity contribution in [1.29, 1.82) is 0 Å². The summed E-state index contributed by atoms with van der Waals surface area (Å²) in [5, 5.41) is 1.09. The number of rotatable bonds is 3. The number of alkyl halides is 1. The summed E-state index contributed by atoms with van der Waals surface area (Å²) in [6.45, 7) is 10.7. The highest BCUT2D eigenvalue weighted by atomic mass is 79.9. The summed E-state index contributed by atoms with van der Waals surface area (Å²) in [5.41, 5.74) is 0.403. The Hall–Kier alpha value is 0.440. The second-order valence-electron chi connectivity index (χ2n) is 5.60. The third kappa shape index (κ3) is 3.23. The molecule has 0 N–H and O–H groups in total. The monoisotopic (exact) mass is 261 g/mol. The smallest absolute Gasteiger partial charge is 0.00949 e. The summed E-state index contributed by atoms with van der Waals surface area (Å²) in [6.07, 6.45) is 4.17. The number of piperidine rings is 1. The Morgan fingerprint density at radius 2 is 1.71 bits per heavy atom. The minimum absolute atomic E-state index is 0.403. The molecule has 1 aliphatic rings. The highest BCUT2D eigenvalue weighted by Crippen LogP contribution is 2.28. The Bertz CT molecular complexity index is 169. The van der Waals surface area contributed by atoms with Crippen molar-refractivity contribution >= 4 is 15.9 Å². The van der Waals surface area contributed by atoms with Gasteiger partial charge in [0.25, 0.3) is 0 Å². The SMILES string of the molecule is C[C@@H]1CCC[C@H](C)N1CC(C)(C)CBr. The lowest BCUT2D eigenvalue weighted by molar-refractivity contribution is 0.0680. The molecular weight excluding hydrogens is 238 g/mol. The van der Waals surface area contributed by atoms with Gasteiger partial charge in [0, 0.05) is 24.0 Å². The lowest BCUT2D eigenvalue weighted by atomic mass is 9.90. The van der Waals surface area contributed by atoms with Crippen LogP contribution >= 0.6 is 15.9 Å². The minimum Gasteiger partial charge on any atom is -0.297 e. The van der Waals surface area contributed by atoms with Gasteiger partial charge in [0.2, 0.25) is 0 Å². The molecule has 1 saturated heterocycles. The molecular formula is C12H24BrN. The largest absolute Gasteiger partial charge is 0.297 e. The first kappa shape index (κ1) is 12.5. The maximum Gasteiger partial charge on any atom is 0.00949 e. The number of hydrogen-bond acceptors (Lipinski definition) is 1. The van der Waals surface area contributed by atoms with E-state index in [1.54, 1.807) is 0 Å². The van der Waals surface area contributed by atoms with Gasteiger partial charge in [0.05, 0.1) is 0 Å². The molecule has 0 aromatic carbocycles. The second kappa shape index (κ2) is 4.98. The first-order chi connectivity index (χ1) is 6.46. The number of likely N-dealkylation sites (tertiary alicyclic amines) is 1. The van der Waals surface area contributed by atoms with Crippen LogP contribution in [0, 0.1) is 5.41 Å². The maximum atomic E-state index is 3.61. The molecule has 0 unspecified atom stereocenters.